The molecule has 22 heavy (non-hydrogen) atoms. The SMILES string of the molecule is CC(C)(C)CC(C)(C(=O)O[C@H]1CN[C@H](C(=O)O)C1)C(C)(C)C. The predicted octanol–water partition coefficient (Wildman–Crippen LogP) is 2.83. The van der Waals surface area contributed by atoms with E-state index in [1.165, 1.54) is 0 Å². The number of esters is 1. The van der Waals surface area contributed by atoms with Gasteiger partial charge in [0, 0.05) is 13.0 Å². The predicted molar refractivity (Wildman–Crippen MR) is 85.6 cm³/mol. The summed E-state index contributed by atoms with van der Waals surface area (Å²) in [7, 11) is 0. The van der Waals surface area contributed by atoms with Gasteiger partial charge in [-0.1, -0.05) is 41.5 Å². The maximum Gasteiger partial charge on any atom is 0.320 e. The number of carbonyl (C=O) groups is 2. The average molecular weight is 313 g/mol. The van der Waals surface area contributed by atoms with Crippen molar-refractivity contribution in [3.8, 4) is 0 Å². The summed E-state index contributed by atoms with van der Waals surface area (Å²) < 4.78 is 5.66. The van der Waals surface area contributed by atoms with E-state index in [4.69, 9.17) is 9.84 Å². The quantitative estimate of drug-likeness (QED) is 0.781. The number of hydrogen-bond acceptors (Lipinski definition) is 4. The Kier molecular flexibility index (Phi) is 5.33. The molecule has 1 aliphatic rings. The van der Waals surface area contributed by atoms with Crippen LogP contribution in [0.1, 0.15) is 61.3 Å². The lowest BCUT2D eigenvalue weighted by molar-refractivity contribution is -0.170. The van der Waals surface area contributed by atoms with Crippen molar-refractivity contribution < 1.29 is 19.4 Å². The monoisotopic (exact) mass is 313 g/mol. The summed E-state index contributed by atoms with van der Waals surface area (Å²) in [6.45, 7) is 14.8. The Hall–Kier alpha value is -1.10. The van der Waals surface area contributed by atoms with Crippen LogP contribution >= 0.6 is 0 Å². The molecular formula is C17H31NO4. The molecule has 5 nitrogen and oxygen atoms in total. The Morgan fingerprint density at radius 3 is 2.05 bits per heavy atom. The van der Waals surface area contributed by atoms with Gasteiger partial charge in [0.15, 0.2) is 0 Å². The molecule has 5 heteroatoms. The number of rotatable bonds is 4. The molecule has 0 aromatic heterocycles. The smallest absolute Gasteiger partial charge is 0.320 e. The summed E-state index contributed by atoms with van der Waals surface area (Å²) in [5.74, 6) is -1.13. The zero-order valence-corrected chi connectivity index (χ0v) is 14.9. The second-order valence-electron chi connectivity index (χ2n) is 8.88. The minimum absolute atomic E-state index is 0.00141. The molecule has 1 saturated heterocycles. The fraction of sp³-hybridized carbons (Fsp3) is 0.882. The Labute approximate surface area is 133 Å². The van der Waals surface area contributed by atoms with E-state index in [-0.39, 0.29) is 22.9 Å². The third-order valence-corrected chi connectivity index (χ3v) is 4.65. The molecule has 0 radical (unpaired) electrons. The van der Waals surface area contributed by atoms with E-state index in [0.717, 1.165) is 0 Å². The molecule has 3 atom stereocenters. The van der Waals surface area contributed by atoms with Crippen LogP contribution in [-0.4, -0.2) is 35.7 Å². The summed E-state index contributed by atoms with van der Waals surface area (Å²) in [6.07, 6.45) is 0.678. The van der Waals surface area contributed by atoms with Gasteiger partial charge in [0.25, 0.3) is 0 Å². The highest BCUT2D eigenvalue weighted by Crippen LogP contribution is 2.47. The number of carboxylic acids is 1. The molecule has 0 aliphatic carbocycles. The molecule has 0 aromatic rings. The van der Waals surface area contributed by atoms with Gasteiger partial charge in [-0.25, -0.2) is 0 Å². The van der Waals surface area contributed by atoms with E-state index in [1.807, 2.05) is 27.7 Å². The number of carboxylic acid groups (broad SMARTS) is 1. The Morgan fingerprint density at radius 2 is 1.68 bits per heavy atom. The third kappa shape index (κ3) is 4.45. The number of hydrogen-bond donors (Lipinski definition) is 2. The first-order valence-electron chi connectivity index (χ1n) is 7.93. The Balaban J connectivity index is 2.84. The zero-order chi connectivity index (χ0) is 17.3. The van der Waals surface area contributed by atoms with Crippen LogP contribution in [0.25, 0.3) is 0 Å². The van der Waals surface area contributed by atoms with Gasteiger partial charge in [0.1, 0.15) is 12.1 Å². The number of aliphatic carboxylic acids is 1. The van der Waals surface area contributed by atoms with Crippen LogP contribution < -0.4 is 5.32 Å². The van der Waals surface area contributed by atoms with Crippen LogP contribution in [0.5, 0.6) is 0 Å². The van der Waals surface area contributed by atoms with Gasteiger partial charge in [0.2, 0.25) is 0 Å². The van der Waals surface area contributed by atoms with Crippen molar-refractivity contribution in [3.63, 3.8) is 0 Å². The van der Waals surface area contributed by atoms with E-state index in [1.54, 1.807) is 0 Å². The molecule has 0 spiro atoms. The van der Waals surface area contributed by atoms with Crippen LogP contribution in [-0.2, 0) is 14.3 Å². The van der Waals surface area contributed by atoms with Crippen LogP contribution in [0.2, 0.25) is 0 Å². The van der Waals surface area contributed by atoms with Gasteiger partial charge in [-0.3, -0.25) is 9.59 Å². The van der Waals surface area contributed by atoms with Gasteiger partial charge in [-0.2, -0.15) is 0 Å². The lowest BCUT2D eigenvalue weighted by Crippen LogP contribution is -2.45. The first-order chi connectivity index (χ1) is 9.76. The molecule has 1 rings (SSSR count). The van der Waals surface area contributed by atoms with Gasteiger partial charge >= 0.3 is 11.9 Å². The number of carbonyl (C=O) groups excluding carboxylic acids is 1. The lowest BCUT2D eigenvalue weighted by Gasteiger charge is -2.43. The summed E-state index contributed by atoms with van der Waals surface area (Å²) in [4.78, 5) is 23.8. The molecule has 0 saturated carbocycles. The first kappa shape index (κ1) is 18.9. The summed E-state index contributed by atoms with van der Waals surface area (Å²) in [5, 5.41) is 11.9. The van der Waals surface area contributed by atoms with Crippen molar-refractivity contribution in [2.75, 3.05) is 6.54 Å². The standard InChI is InChI=1S/C17H31NO4/c1-15(2,3)10-17(7,16(4,5)6)14(21)22-11-8-12(13(19)20)18-9-11/h11-12,18H,8-10H2,1-7H3,(H,19,20)/t11-,12+,17?/m1/s1. The van der Waals surface area contributed by atoms with Gasteiger partial charge in [0.05, 0.1) is 5.41 Å². The molecule has 128 valence electrons. The van der Waals surface area contributed by atoms with Crippen molar-refractivity contribution in [1.29, 1.82) is 0 Å². The molecule has 0 amide bonds. The van der Waals surface area contributed by atoms with Crippen molar-refractivity contribution >= 4 is 11.9 Å². The highest BCUT2D eigenvalue weighted by atomic mass is 16.5. The molecular weight excluding hydrogens is 282 g/mol. The van der Waals surface area contributed by atoms with E-state index in [0.29, 0.717) is 19.4 Å². The fourth-order valence-corrected chi connectivity index (χ4v) is 2.97. The van der Waals surface area contributed by atoms with Crippen LogP contribution in [0.4, 0.5) is 0 Å². The minimum Gasteiger partial charge on any atom is -0.480 e. The maximum absolute atomic E-state index is 12.8. The molecule has 2 N–H and O–H groups in total. The second-order valence-corrected chi connectivity index (χ2v) is 8.88. The van der Waals surface area contributed by atoms with Crippen molar-refractivity contribution in [3.05, 3.63) is 0 Å². The molecule has 0 aromatic carbocycles. The van der Waals surface area contributed by atoms with Crippen LogP contribution in [0, 0.1) is 16.2 Å². The van der Waals surface area contributed by atoms with Crippen molar-refractivity contribution in [2.45, 2.75) is 73.5 Å². The maximum atomic E-state index is 12.8. The molecule has 1 fully saturated rings. The van der Waals surface area contributed by atoms with Crippen LogP contribution in [0.3, 0.4) is 0 Å². The molecule has 1 unspecified atom stereocenters. The van der Waals surface area contributed by atoms with E-state index >= 15 is 0 Å². The third-order valence-electron chi connectivity index (χ3n) is 4.65. The van der Waals surface area contributed by atoms with Crippen LogP contribution in [0.15, 0.2) is 0 Å². The Bertz CT molecular complexity index is 433. The van der Waals surface area contributed by atoms with Gasteiger partial charge < -0.3 is 15.2 Å². The Morgan fingerprint density at radius 1 is 1.14 bits per heavy atom. The average Bonchev–Trinajstić information content (AvgIpc) is 2.73. The van der Waals surface area contributed by atoms with Crippen molar-refractivity contribution in [2.24, 2.45) is 16.2 Å². The van der Waals surface area contributed by atoms with E-state index < -0.39 is 17.4 Å². The normalized spacial score (nSPS) is 25.6. The lowest BCUT2D eigenvalue weighted by atomic mass is 9.61. The number of nitrogens with one attached hydrogen (secondary N) is 1. The molecule has 0 bridgehead atoms. The highest BCUT2D eigenvalue weighted by Gasteiger charge is 2.48. The molecule has 1 heterocycles. The minimum atomic E-state index is -0.896. The second kappa shape index (κ2) is 6.19. The molecule has 1 aliphatic heterocycles. The largest absolute Gasteiger partial charge is 0.480 e. The van der Waals surface area contributed by atoms with Gasteiger partial charge in [-0.15, -0.1) is 0 Å². The fourth-order valence-electron chi connectivity index (χ4n) is 2.97. The zero-order valence-electron chi connectivity index (χ0n) is 14.9. The highest BCUT2D eigenvalue weighted by molar-refractivity contribution is 5.78. The van der Waals surface area contributed by atoms with Crippen molar-refractivity contribution in [1.82, 2.24) is 5.32 Å². The summed E-state index contributed by atoms with van der Waals surface area (Å²) in [6, 6.07) is -0.624. The summed E-state index contributed by atoms with van der Waals surface area (Å²) >= 11 is 0. The van der Waals surface area contributed by atoms with Gasteiger partial charge in [-0.05, 0) is 24.2 Å². The first-order valence-corrected chi connectivity index (χ1v) is 7.93. The summed E-state index contributed by atoms with van der Waals surface area (Å²) in [5.41, 5.74) is -0.860. The van der Waals surface area contributed by atoms with E-state index in [9.17, 15) is 9.59 Å². The topological polar surface area (TPSA) is 75.6 Å². The van der Waals surface area contributed by atoms with E-state index in [2.05, 4.69) is 26.1 Å². The number of ether oxygens (including phenoxy) is 1.